The minimum atomic E-state index is 0. The zero-order valence-corrected chi connectivity index (χ0v) is 14.4. The summed E-state index contributed by atoms with van der Waals surface area (Å²) in [6, 6.07) is 18.0. The lowest BCUT2D eigenvalue weighted by Gasteiger charge is -2.11. The third-order valence-electron chi connectivity index (χ3n) is 4.07. The average molecular weight is 347 g/mol. The number of nitrogens with one attached hydrogen (secondary N) is 2. The molecule has 3 rings (SSSR count). The van der Waals surface area contributed by atoms with Crippen LogP contribution >= 0.6 is 12.4 Å². The first-order valence-electron chi connectivity index (χ1n) is 8.05. The standard InChI is InChI=1S/C19H22N2O2.ClH/c22-19(17-10-11-20-13-17)21-12-15-6-8-18(9-7-15)23-14-16-4-2-1-3-5-16;/h1-9,17,20H,10-14H2,(H,21,22);1H. The molecule has 4 nitrogen and oxygen atoms in total. The summed E-state index contributed by atoms with van der Waals surface area (Å²) in [4.78, 5) is 12.0. The van der Waals surface area contributed by atoms with Crippen LogP contribution in [0, 0.1) is 5.92 Å². The number of hydrogen-bond donors (Lipinski definition) is 2. The van der Waals surface area contributed by atoms with Crippen molar-refractivity contribution in [2.45, 2.75) is 19.6 Å². The van der Waals surface area contributed by atoms with Gasteiger partial charge in [0, 0.05) is 13.1 Å². The summed E-state index contributed by atoms with van der Waals surface area (Å²) in [6.45, 7) is 2.85. The predicted octanol–water partition coefficient (Wildman–Crippen LogP) is 2.91. The Hall–Kier alpha value is -2.04. The van der Waals surface area contributed by atoms with Gasteiger partial charge in [-0.15, -0.1) is 12.4 Å². The first kappa shape index (κ1) is 18.3. The van der Waals surface area contributed by atoms with Crippen molar-refractivity contribution in [2.75, 3.05) is 13.1 Å². The maximum atomic E-state index is 12.0. The molecular weight excluding hydrogens is 324 g/mol. The Morgan fingerprint density at radius 3 is 2.50 bits per heavy atom. The van der Waals surface area contributed by atoms with E-state index in [2.05, 4.69) is 10.6 Å². The molecule has 2 aromatic carbocycles. The highest BCUT2D eigenvalue weighted by atomic mass is 35.5. The average Bonchev–Trinajstić information content (AvgIpc) is 3.14. The van der Waals surface area contributed by atoms with Crippen LogP contribution in [0.25, 0.3) is 0 Å². The molecule has 0 aromatic heterocycles. The largest absolute Gasteiger partial charge is 0.489 e. The van der Waals surface area contributed by atoms with Crippen molar-refractivity contribution in [3.63, 3.8) is 0 Å². The molecule has 1 unspecified atom stereocenters. The molecular formula is C19H23ClN2O2. The van der Waals surface area contributed by atoms with Gasteiger partial charge in [0.1, 0.15) is 12.4 Å². The number of halogens is 1. The van der Waals surface area contributed by atoms with Gasteiger partial charge in [-0.2, -0.15) is 0 Å². The number of rotatable bonds is 6. The van der Waals surface area contributed by atoms with Gasteiger partial charge in [0.2, 0.25) is 5.91 Å². The summed E-state index contributed by atoms with van der Waals surface area (Å²) in [7, 11) is 0. The summed E-state index contributed by atoms with van der Waals surface area (Å²) in [6.07, 6.45) is 0.929. The van der Waals surface area contributed by atoms with Gasteiger partial charge in [-0.25, -0.2) is 0 Å². The molecule has 2 aromatic rings. The molecule has 5 heteroatoms. The third kappa shape index (κ3) is 5.25. The van der Waals surface area contributed by atoms with Gasteiger partial charge in [0.25, 0.3) is 0 Å². The molecule has 24 heavy (non-hydrogen) atoms. The molecule has 1 aliphatic rings. The summed E-state index contributed by atoms with van der Waals surface area (Å²) in [5.41, 5.74) is 2.23. The first-order valence-corrected chi connectivity index (χ1v) is 8.05. The highest BCUT2D eigenvalue weighted by molar-refractivity contribution is 5.85. The summed E-state index contributed by atoms with van der Waals surface area (Å²) < 4.78 is 5.76. The molecule has 128 valence electrons. The predicted molar refractivity (Wildman–Crippen MR) is 97.3 cm³/mol. The number of amides is 1. The molecule has 1 saturated heterocycles. The zero-order chi connectivity index (χ0) is 15.9. The smallest absolute Gasteiger partial charge is 0.224 e. The van der Waals surface area contributed by atoms with Crippen molar-refractivity contribution in [2.24, 2.45) is 5.92 Å². The normalized spacial score (nSPS) is 16.2. The Balaban J connectivity index is 0.00000208. The first-order chi connectivity index (χ1) is 11.3. The van der Waals surface area contributed by atoms with E-state index in [4.69, 9.17) is 4.74 Å². The van der Waals surface area contributed by atoms with Crippen molar-refractivity contribution >= 4 is 18.3 Å². The second kappa shape index (κ2) is 9.30. The SMILES string of the molecule is Cl.O=C(NCc1ccc(OCc2ccccc2)cc1)C1CCNC1. The van der Waals surface area contributed by atoms with Gasteiger partial charge in [-0.3, -0.25) is 4.79 Å². The van der Waals surface area contributed by atoms with Crippen LogP contribution in [0.4, 0.5) is 0 Å². The lowest BCUT2D eigenvalue weighted by Crippen LogP contribution is -2.31. The molecule has 0 bridgehead atoms. The molecule has 0 radical (unpaired) electrons. The Kier molecular flexibility index (Phi) is 7.09. The molecule has 1 amide bonds. The molecule has 0 spiro atoms. The molecule has 1 heterocycles. The highest BCUT2D eigenvalue weighted by Crippen LogP contribution is 2.14. The summed E-state index contributed by atoms with van der Waals surface area (Å²) >= 11 is 0. The van der Waals surface area contributed by atoms with Crippen LogP contribution in [0.1, 0.15) is 17.5 Å². The molecule has 1 atom stereocenters. The number of carbonyl (C=O) groups excluding carboxylic acids is 1. The van der Waals surface area contributed by atoms with Crippen LogP contribution in [-0.4, -0.2) is 19.0 Å². The number of hydrogen-bond acceptors (Lipinski definition) is 3. The van der Waals surface area contributed by atoms with Crippen LogP contribution in [0.2, 0.25) is 0 Å². The lowest BCUT2D eigenvalue weighted by molar-refractivity contribution is -0.124. The number of carbonyl (C=O) groups is 1. The fourth-order valence-corrected chi connectivity index (χ4v) is 2.66. The second-order valence-corrected chi connectivity index (χ2v) is 5.83. The van der Waals surface area contributed by atoms with Crippen molar-refractivity contribution in [3.05, 3.63) is 65.7 Å². The lowest BCUT2D eigenvalue weighted by atomic mass is 10.1. The van der Waals surface area contributed by atoms with Crippen LogP contribution in [0.5, 0.6) is 5.75 Å². The molecule has 1 aliphatic heterocycles. The van der Waals surface area contributed by atoms with Gasteiger partial charge in [0.15, 0.2) is 0 Å². The van der Waals surface area contributed by atoms with Crippen molar-refractivity contribution in [1.29, 1.82) is 0 Å². The number of ether oxygens (including phenoxy) is 1. The fraction of sp³-hybridized carbons (Fsp3) is 0.316. The minimum absolute atomic E-state index is 0. The molecule has 2 N–H and O–H groups in total. The van der Waals surface area contributed by atoms with E-state index in [-0.39, 0.29) is 24.2 Å². The van der Waals surface area contributed by atoms with Crippen LogP contribution in [-0.2, 0) is 17.9 Å². The summed E-state index contributed by atoms with van der Waals surface area (Å²) in [5, 5.41) is 6.21. The van der Waals surface area contributed by atoms with E-state index in [1.807, 2.05) is 54.6 Å². The van der Waals surface area contributed by atoms with Gasteiger partial charge >= 0.3 is 0 Å². The van der Waals surface area contributed by atoms with Crippen LogP contribution in [0.3, 0.4) is 0 Å². The number of benzene rings is 2. The van der Waals surface area contributed by atoms with Gasteiger partial charge < -0.3 is 15.4 Å². The van der Waals surface area contributed by atoms with E-state index < -0.39 is 0 Å². The highest BCUT2D eigenvalue weighted by Gasteiger charge is 2.21. The van der Waals surface area contributed by atoms with E-state index in [9.17, 15) is 4.79 Å². The van der Waals surface area contributed by atoms with Gasteiger partial charge in [-0.1, -0.05) is 42.5 Å². The van der Waals surface area contributed by atoms with Crippen LogP contribution in [0.15, 0.2) is 54.6 Å². The van der Waals surface area contributed by atoms with Crippen molar-refractivity contribution < 1.29 is 9.53 Å². The summed E-state index contributed by atoms with van der Waals surface area (Å²) in [5.74, 6) is 1.09. The quantitative estimate of drug-likeness (QED) is 0.845. The van der Waals surface area contributed by atoms with Gasteiger partial charge in [0.05, 0.1) is 5.92 Å². The molecule has 0 aliphatic carbocycles. The second-order valence-electron chi connectivity index (χ2n) is 5.83. The van der Waals surface area contributed by atoms with E-state index in [1.54, 1.807) is 0 Å². The Labute approximate surface area is 149 Å². The molecule has 0 saturated carbocycles. The van der Waals surface area contributed by atoms with E-state index in [0.29, 0.717) is 13.2 Å². The minimum Gasteiger partial charge on any atom is -0.489 e. The Bertz CT molecular complexity index is 626. The van der Waals surface area contributed by atoms with E-state index >= 15 is 0 Å². The Morgan fingerprint density at radius 1 is 1.08 bits per heavy atom. The molecule has 1 fully saturated rings. The topological polar surface area (TPSA) is 50.4 Å². The monoisotopic (exact) mass is 346 g/mol. The van der Waals surface area contributed by atoms with Crippen molar-refractivity contribution in [1.82, 2.24) is 10.6 Å². The van der Waals surface area contributed by atoms with E-state index in [0.717, 1.165) is 36.4 Å². The Morgan fingerprint density at radius 2 is 1.83 bits per heavy atom. The van der Waals surface area contributed by atoms with Gasteiger partial charge in [-0.05, 0) is 36.2 Å². The maximum Gasteiger partial charge on any atom is 0.224 e. The van der Waals surface area contributed by atoms with Crippen LogP contribution < -0.4 is 15.4 Å². The third-order valence-corrected chi connectivity index (χ3v) is 4.07. The van der Waals surface area contributed by atoms with E-state index in [1.165, 1.54) is 0 Å². The van der Waals surface area contributed by atoms with Crippen molar-refractivity contribution in [3.8, 4) is 5.75 Å². The zero-order valence-electron chi connectivity index (χ0n) is 13.5. The fourth-order valence-electron chi connectivity index (χ4n) is 2.66. The maximum absolute atomic E-state index is 12.0.